The molecule has 0 N–H and O–H groups in total. The van der Waals surface area contributed by atoms with E-state index in [1.807, 2.05) is 0 Å². The predicted molar refractivity (Wildman–Crippen MR) is 78.0 cm³/mol. The van der Waals surface area contributed by atoms with Crippen LogP contribution < -0.4 is 0 Å². The van der Waals surface area contributed by atoms with Gasteiger partial charge in [-0.15, -0.1) is 0 Å². The number of hydrogen-bond donors (Lipinski definition) is 0. The number of benzene rings is 1. The first-order chi connectivity index (χ1) is 11.2. The Morgan fingerprint density at radius 2 is 1.75 bits per heavy atom. The minimum atomic E-state index is -4.60. The van der Waals surface area contributed by atoms with Crippen LogP contribution in [0.1, 0.15) is 15.9 Å². The van der Waals surface area contributed by atoms with Gasteiger partial charge < -0.3 is 4.74 Å². The molecule has 1 aromatic heterocycles. The highest BCUT2D eigenvalue weighted by Gasteiger charge is 2.31. The van der Waals surface area contributed by atoms with E-state index in [-0.39, 0.29) is 5.56 Å². The van der Waals surface area contributed by atoms with Crippen LogP contribution in [-0.2, 0) is 20.8 Å². The summed E-state index contributed by atoms with van der Waals surface area (Å²) in [6.45, 7) is -0.432. The Balaban J connectivity index is 1.98. The predicted octanol–water partition coefficient (Wildman–Crippen LogP) is 2.73. The number of halogens is 3. The Bertz CT molecular complexity index is 803. The summed E-state index contributed by atoms with van der Waals surface area (Å²) in [5, 5.41) is -0.508. The Hall–Kier alpha value is -2.42. The van der Waals surface area contributed by atoms with Crippen molar-refractivity contribution in [3.63, 3.8) is 0 Å². The van der Waals surface area contributed by atoms with Crippen molar-refractivity contribution in [1.29, 1.82) is 0 Å². The molecule has 0 aliphatic heterocycles. The van der Waals surface area contributed by atoms with E-state index in [0.29, 0.717) is 12.3 Å². The van der Waals surface area contributed by atoms with Gasteiger partial charge in [-0.2, -0.15) is 13.2 Å². The number of ether oxygens (including phenoxy) is 1. The number of carbonyl (C=O) groups excluding carboxylic acids is 1. The molecule has 0 saturated heterocycles. The summed E-state index contributed by atoms with van der Waals surface area (Å²) in [7, 11) is -3.96. The highest BCUT2D eigenvalue weighted by Crippen LogP contribution is 2.28. The Morgan fingerprint density at radius 1 is 1.08 bits per heavy atom. The number of carbonyl (C=O) groups is 1. The molecule has 0 aliphatic rings. The zero-order valence-corrected chi connectivity index (χ0v) is 13.0. The van der Waals surface area contributed by atoms with Crippen molar-refractivity contribution in [3.8, 4) is 0 Å². The molecular formula is C15H12F3NO4S. The smallest absolute Gasteiger partial charge is 0.417 e. The van der Waals surface area contributed by atoms with Crippen LogP contribution in [-0.4, -0.2) is 31.7 Å². The van der Waals surface area contributed by atoms with Crippen molar-refractivity contribution >= 4 is 15.8 Å². The molecule has 1 heterocycles. The van der Waals surface area contributed by atoms with Crippen molar-refractivity contribution < 1.29 is 31.1 Å². The van der Waals surface area contributed by atoms with E-state index in [0.717, 1.165) is 6.07 Å². The van der Waals surface area contributed by atoms with Gasteiger partial charge in [0, 0.05) is 6.20 Å². The molecule has 0 saturated carbocycles. The first-order valence-corrected chi connectivity index (χ1v) is 8.33. The molecule has 1 aromatic carbocycles. The van der Waals surface area contributed by atoms with E-state index in [2.05, 4.69) is 4.98 Å². The molecule has 0 unspecified atom stereocenters. The summed E-state index contributed by atoms with van der Waals surface area (Å²) in [5.41, 5.74) is -0.778. The summed E-state index contributed by atoms with van der Waals surface area (Å²) in [6.07, 6.45) is -4.15. The molecule has 0 atom stereocenters. The lowest BCUT2D eigenvalue weighted by Gasteiger charge is -2.08. The van der Waals surface area contributed by atoms with E-state index < -0.39 is 44.9 Å². The van der Waals surface area contributed by atoms with E-state index in [1.165, 1.54) is 12.1 Å². The number of nitrogens with zero attached hydrogens (tertiary/aromatic N) is 1. The molecule has 0 aliphatic carbocycles. The first kappa shape index (κ1) is 17.9. The third-order valence-corrected chi connectivity index (χ3v) is 4.56. The van der Waals surface area contributed by atoms with Crippen LogP contribution in [0.5, 0.6) is 0 Å². The minimum absolute atomic E-state index is 0.266. The molecule has 5 nitrogen and oxygen atoms in total. The Kier molecular flexibility index (Phi) is 5.23. The molecular weight excluding hydrogens is 347 g/mol. The summed E-state index contributed by atoms with van der Waals surface area (Å²) in [6, 6.07) is 9.38. The van der Waals surface area contributed by atoms with Gasteiger partial charge in [-0.1, -0.05) is 18.2 Å². The topological polar surface area (TPSA) is 73.3 Å². The van der Waals surface area contributed by atoms with Gasteiger partial charge in [-0.25, -0.2) is 18.2 Å². The van der Waals surface area contributed by atoms with Crippen molar-refractivity contribution in [1.82, 2.24) is 4.98 Å². The fourth-order valence-corrected chi connectivity index (χ4v) is 2.74. The molecule has 128 valence electrons. The van der Waals surface area contributed by atoms with Crippen LogP contribution in [0.4, 0.5) is 13.2 Å². The monoisotopic (exact) mass is 359 g/mol. The number of hydrogen-bond acceptors (Lipinski definition) is 5. The normalized spacial score (nSPS) is 12.0. The van der Waals surface area contributed by atoms with Crippen molar-refractivity contribution in [3.05, 3.63) is 59.8 Å². The van der Waals surface area contributed by atoms with Gasteiger partial charge in [-0.3, -0.25) is 0 Å². The SMILES string of the molecule is O=C(OCCS(=O)(=O)c1ccc(C(F)(F)F)cn1)c1ccccc1. The number of alkyl halides is 3. The summed E-state index contributed by atoms with van der Waals surface area (Å²) in [5.74, 6) is -1.27. The van der Waals surface area contributed by atoms with E-state index in [4.69, 9.17) is 4.74 Å². The number of sulfone groups is 1. The largest absolute Gasteiger partial charge is 0.461 e. The highest BCUT2D eigenvalue weighted by molar-refractivity contribution is 7.91. The molecule has 0 bridgehead atoms. The van der Waals surface area contributed by atoms with Crippen molar-refractivity contribution in [2.24, 2.45) is 0 Å². The Labute approximate surface area is 136 Å². The second kappa shape index (κ2) is 7.00. The van der Waals surface area contributed by atoms with Crippen LogP contribution in [0.25, 0.3) is 0 Å². The summed E-state index contributed by atoms with van der Waals surface area (Å²) in [4.78, 5) is 15.0. The molecule has 9 heteroatoms. The number of aromatic nitrogens is 1. The second-order valence-electron chi connectivity index (χ2n) is 4.70. The first-order valence-electron chi connectivity index (χ1n) is 6.68. The fourth-order valence-electron chi connectivity index (χ4n) is 1.74. The lowest BCUT2D eigenvalue weighted by atomic mass is 10.2. The van der Waals surface area contributed by atoms with Gasteiger partial charge in [0.05, 0.1) is 16.9 Å². The van der Waals surface area contributed by atoms with E-state index in [9.17, 15) is 26.4 Å². The summed E-state index contributed by atoms with van der Waals surface area (Å²) >= 11 is 0. The highest BCUT2D eigenvalue weighted by atomic mass is 32.2. The van der Waals surface area contributed by atoms with Gasteiger partial charge in [0.25, 0.3) is 0 Å². The maximum Gasteiger partial charge on any atom is 0.417 e. The maximum absolute atomic E-state index is 12.4. The summed E-state index contributed by atoms with van der Waals surface area (Å²) < 4.78 is 66.1. The van der Waals surface area contributed by atoms with Crippen molar-refractivity contribution in [2.75, 3.05) is 12.4 Å². The average Bonchev–Trinajstić information content (AvgIpc) is 2.55. The number of rotatable bonds is 5. The third-order valence-electron chi connectivity index (χ3n) is 2.98. The van der Waals surface area contributed by atoms with E-state index in [1.54, 1.807) is 18.2 Å². The molecule has 0 fully saturated rings. The van der Waals surface area contributed by atoms with Gasteiger partial charge in [0.15, 0.2) is 14.9 Å². The van der Waals surface area contributed by atoms with Crippen LogP contribution in [0.2, 0.25) is 0 Å². The molecule has 2 rings (SSSR count). The standard InChI is InChI=1S/C15H12F3NO4S/c16-15(17,18)12-6-7-13(19-10-12)24(21,22)9-8-23-14(20)11-4-2-1-3-5-11/h1-7,10H,8-9H2. The third kappa shape index (κ3) is 4.54. The lowest BCUT2D eigenvalue weighted by Crippen LogP contribution is -2.17. The van der Waals surface area contributed by atoms with Gasteiger partial charge in [0.2, 0.25) is 0 Å². The lowest BCUT2D eigenvalue weighted by molar-refractivity contribution is -0.137. The fraction of sp³-hybridized carbons (Fsp3) is 0.200. The maximum atomic E-state index is 12.4. The van der Waals surface area contributed by atoms with Crippen LogP contribution >= 0.6 is 0 Å². The van der Waals surface area contributed by atoms with Gasteiger partial charge in [0.1, 0.15) is 6.61 Å². The minimum Gasteiger partial charge on any atom is -0.461 e. The number of esters is 1. The molecule has 0 spiro atoms. The van der Waals surface area contributed by atoms with Crippen molar-refractivity contribution in [2.45, 2.75) is 11.2 Å². The molecule has 0 amide bonds. The molecule has 24 heavy (non-hydrogen) atoms. The average molecular weight is 359 g/mol. The molecule has 0 radical (unpaired) electrons. The number of pyridine rings is 1. The quantitative estimate of drug-likeness (QED) is 0.768. The van der Waals surface area contributed by atoms with Crippen LogP contribution in [0.3, 0.4) is 0 Å². The van der Waals surface area contributed by atoms with Gasteiger partial charge >= 0.3 is 12.1 Å². The second-order valence-corrected chi connectivity index (χ2v) is 6.76. The van der Waals surface area contributed by atoms with Gasteiger partial charge in [-0.05, 0) is 24.3 Å². The zero-order valence-electron chi connectivity index (χ0n) is 12.2. The zero-order chi connectivity index (χ0) is 17.8. The molecule has 2 aromatic rings. The van der Waals surface area contributed by atoms with Crippen LogP contribution in [0, 0.1) is 0 Å². The van der Waals surface area contributed by atoms with Crippen LogP contribution in [0.15, 0.2) is 53.7 Å². The Morgan fingerprint density at radius 3 is 2.29 bits per heavy atom. The van der Waals surface area contributed by atoms with E-state index >= 15 is 0 Å².